The van der Waals surface area contributed by atoms with Crippen molar-refractivity contribution in [1.29, 1.82) is 0 Å². The van der Waals surface area contributed by atoms with Crippen LogP contribution in [0.4, 0.5) is 0 Å². The molecule has 0 aliphatic rings. The van der Waals surface area contributed by atoms with Crippen LogP contribution in [0, 0.1) is 6.92 Å². The van der Waals surface area contributed by atoms with Gasteiger partial charge in [0, 0.05) is 6.42 Å². The average Bonchev–Trinajstić information content (AvgIpc) is 3.02. The number of allylic oxidation sites excluding steroid dienone is 1. The summed E-state index contributed by atoms with van der Waals surface area (Å²) in [6.07, 6.45) is 2.74. The van der Waals surface area contributed by atoms with Crippen LogP contribution < -0.4 is 5.32 Å². The highest BCUT2D eigenvalue weighted by Gasteiger charge is 2.28. The van der Waals surface area contributed by atoms with Gasteiger partial charge in [0.05, 0.1) is 0 Å². The summed E-state index contributed by atoms with van der Waals surface area (Å²) in [5, 5.41) is 23.2. The number of hydrogen-bond donors (Lipinski definition) is 2. The fourth-order valence-electron chi connectivity index (χ4n) is 2.46. The quantitative estimate of drug-likeness (QED) is 0.664. The number of carboxylic acids is 1. The van der Waals surface area contributed by atoms with Crippen molar-refractivity contribution in [2.75, 3.05) is 0 Å². The summed E-state index contributed by atoms with van der Waals surface area (Å²) in [5.74, 6) is -1.04. The molecule has 132 valence electrons. The highest BCUT2D eigenvalue weighted by atomic mass is 16.4. The maximum atomic E-state index is 12.8. The van der Waals surface area contributed by atoms with Gasteiger partial charge in [0.15, 0.2) is 0 Å². The van der Waals surface area contributed by atoms with Crippen molar-refractivity contribution in [2.45, 2.75) is 38.3 Å². The minimum Gasteiger partial charge on any atom is -0.480 e. The number of carboxylic acid groups (broad SMARTS) is 1. The number of nitrogens with one attached hydrogen (secondary N) is 1. The Balaban J connectivity index is 2.22. The molecule has 1 aromatic heterocycles. The first kappa shape index (κ1) is 18.3. The van der Waals surface area contributed by atoms with Crippen LogP contribution >= 0.6 is 0 Å². The molecule has 2 aromatic rings. The van der Waals surface area contributed by atoms with Crippen LogP contribution in [-0.2, 0) is 16.0 Å². The second kappa shape index (κ2) is 8.72. The second-order valence-electron chi connectivity index (χ2n) is 5.64. The number of carbonyl (C=O) groups excluding carboxylic acids is 1. The van der Waals surface area contributed by atoms with Gasteiger partial charge in [-0.1, -0.05) is 36.4 Å². The summed E-state index contributed by atoms with van der Waals surface area (Å²) < 4.78 is 1.41. The monoisotopic (exact) mass is 343 g/mol. The van der Waals surface area contributed by atoms with E-state index in [-0.39, 0.29) is 6.42 Å². The third-order valence-electron chi connectivity index (χ3n) is 3.80. The lowest BCUT2D eigenvalue weighted by molar-refractivity contribution is -0.142. The van der Waals surface area contributed by atoms with Crippen molar-refractivity contribution >= 4 is 11.9 Å². The number of aromatic nitrogens is 4. The summed E-state index contributed by atoms with van der Waals surface area (Å²) in [7, 11) is 0. The topological polar surface area (TPSA) is 110 Å². The van der Waals surface area contributed by atoms with Crippen molar-refractivity contribution in [1.82, 2.24) is 25.5 Å². The smallest absolute Gasteiger partial charge is 0.326 e. The molecular formula is C17H21N5O3. The number of carbonyl (C=O) groups is 2. The van der Waals surface area contributed by atoms with Gasteiger partial charge in [0.2, 0.25) is 5.91 Å². The number of hydrogen-bond acceptors (Lipinski definition) is 5. The van der Waals surface area contributed by atoms with Crippen LogP contribution in [0.15, 0.2) is 43.0 Å². The lowest BCUT2D eigenvalue weighted by atomic mass is 10.0. The number of benzene rings is 1. The van der Waals surface area contributed by atoms with E-state index in [4.69, 9.17) is 0 Å². The molecule has 8 heteroatoms. The van der Waals surface area contributed by atoms with Crippen molar-refractivity contribution in [3.8, 4) is 0 Å². The van der Waals surface area contributed by atoms with E-state index < -0.39 is 24.0 Å². The molecule has 2 N–H and O–H groups in total. The zero-order chi connectivity index (χ0) is 18.2. The van der Waals surface area contributed by atoms with Crippen LogP contribution in [0.5, 0.6) is 0 Å². The standard InChI is InChI=1S/C17H21N5O3/c1-3-4-10-14(17(24)25)18-16(23)15(22-12(2)19-20-21-22)11-13-8-6-5-7-9-13/h3,5-9,14-15H,1,4,10-11H2,2H3,(H,18,23)(H,24,25). The molecule has 0 spiro atoms. The average molecular weight is 343 g/mol. The van der Waals surface area contributed by atoms with Crippen LogP contribution in [0.1, 0.15) is 30.3 Å². The third-order valence-corrected chi connectivity index (χ3v) is 3.80. The fourth-order valence-corrected chi connectivity index (χ4v) is 2.46. The first-order valence-electron chi connectivity index (χ1n) is 7.95. The van der Waals surface area contributed by atoms with E-state index in [9.17, 15) is 14.7 Å². The number of tetrazole rings is 1. The first-order chi connectivity index (χ1) is 12.0. The number of nitrogens with zero attached hydrogens (tertiary/aromatic N) is 4. The van der Waals surface area contributed by atoms with E-state index in [1.54, 1.807) is 13.0 Å². The number of rotatable bonds is 9. The molecular weight excluding hydrogens is 322 g/mol. The van der Waals surface area contributed by atoms with E-state index in [0.717, 1.165) is 5.56 Å². The van der Waals surface area contributed by atoms with Gasteiger partial charge in [0.1, 0.15) is 17.9 Å². The Bertz CT molecular complexity index is 729. The van der Waals surface area contributed by atoms with Gasteiger partial charge in [-0.25, -0.2) is 9.48 Å². The summed E-state index contributed by atoms with van der Waals surface area (Å²) in [4.78, 5) is 24.1. The van der Waals surface area contributed by atoms with E-state index in [0.29, 0.717) is 18.7 Å². The van der Waals surface area contributed by atoms with Gasteiger partial charge in [0.25, 0.3) is 0 Å². The second-order valence-corrected chi connectivity index (χ2v) is 5.64. The SMILES string of the molecule is C=CCCC(NC(=O)C(Cc1ccccc1)n1nnnc1C)C(=O)O. The van der Waals surface area contributed by atoms with Gasteiger partial charge in [-0.05, 0) is 35.8 Å². The molecule has 1 aromatic carbocycles. The number of aryl methyl sites for hydroxylation is 1. The Morgan fingerprint density at radius 2 is 2.08 bits per heavy atom. The molecule has 1 heterocycles. The lowest BCUT2D eigenvalue weighted by Crippen LogP contribution is -2.45. The molecule has 2 unspecified atom stereocenters. The Labute approximate surface area is 145 Å². The van der Waals surface area contributed by atoms with Gasteiger partial charge in [-0.2, -0.15) is 0 Å². The van der Waals surface area contributed by atoms with Crippen molar-refractivity contribution in [3.63, 3.8) is 0 Å². The van der Waals surface area contributed by atoms with E-state index in [1.807, 2.05) is 30.3 Å². The molecule has 0 fully saturated rings. The lowest BCUT2D eigenvalue weighted by Gasteiger charge is -2.20. The number of aliphatic carboxylic acids is 1. The van der Waals surface area contributed by atoms with Crippen molar-refractivity contribution in [2.24, 2.45) is 0 Å². The van der Waals surface area contributed by atoms with Crippen molar-refractivity contribution < 1.29 is 14.7 Å². The molecule has 0 aliphatic carbocycles. The molecule has 2 rings (SSSR count). The predicted octanol–water partition coefficient (Wildman–Crippen LogP) is 1.30. The third kappa shape index (κ3) is 4.97. The van der Waals surface area contributed by atoms with Gasteiger partial charge < -0.3 is 10.4 Å². The molecule has 25 heavy (non-hydrogen) atoms. The summed E-state index contributed by atoms with van der Waals surface area (Å²) in [6, 6.07) is 7.71. The molecule has 1 amide bonds. The maximum Gasteiger partial charge on any atom is 0.326 e. The predicted molar refractivity (Wildman–Crippen MR) is 90.7 cm³/mol. The molecule has 0 saturated carbocycles. The Hall–Kier alpha value is -3.03. The Morgan fingerprint density at radius 1 is 1.36 bits per heavy atom. The molecule has 0 saturated heterocycles. The molecule has 0 aliphatic heterocycles. The summed E-state index contributed by atoms with van der Waals surface area (Å²) >= 11 is 0. The first-order valence-corrected chi connectivity index (χ1v) is 7.95. The van der Waals surface area contributed by atoms with Crippen LogP contribution in [0.2, 0.25) is 0 Å². The van der Waals surface area contributed by atoms with Gasteiger partial charge >= 0.3 is 5.97 Å². The minimum atomic E-state index is -1.08. The summed E-state index contributed by atoms with van der Waals surface area (Å²) in [6.45, 7) is 5.27. The molecule has 0 bridgehead atoms. The Kier molecular flexibility index (Phi) is 6.39. The van der Waals surface area contributed by atoms with E-state index in [1.165, 1.54) is 4.68 Å². The zero-order valence-corrected chi connectivity index (χ0v) is 14.0. The number of amides is 1. The normalized spacial score (nSPS) is 13.0. The molecule has 8 nitrogen and oxygen atoms in total. The highest BCUT2D eigenvalue weighted by Crippen LogP contribution is 2.15. The van der Waals surface area contributed by atoms with Crippen LogP contribution in [-0.4, -0.2) is 43.2 Å². The largest absolute Gasteiger partial charge is 0.480 e. The summed E-state index contributed by atoms with van der Waals surface area (Å²) in [5.41, 5.74) is 0.926. The van der Waals surface area contributed by atoms with Crippen molar-refractivity contribution in [3.05, 3.63) is 54.4 Å². The van der Waals surface area contributed by atoms with Crippen LogP contribution in [0.3, 0.4) is 0 Å². The van der Waals surface area contributed by atoms with Crippen LogP contribution in [0.25, 0.3) is 0 Å². The zero-order valence-electron chi connectivity index (χ0n) is 14.0. The molecule has 0 radical (unpaired) electrons. The highest BCUT2D eigenvalue weighted by molar-refractivity contribution is 5.86. The molecule has 2 atom stereocenters. The fraction of sp³-hybridized carbons (Fsp3) is 0.353. The van der Waals surface area contributed by atoms with E-state index >= 15 is 0 Å². The van der Waals surface area contributed by atoms with E-state index in [2.05, 4.69) is 27.4 Å². The maximum absolute atomic E-state index is 12.8. The minimum absolute atomic E-state index is 0.275. The van der Waals surface area contributed by atoms with Gasteiger partial charge in [-0.3, -0.25) is 4.79 Å². The van der Waals surface area contributed by atoms with Gasteiger partial charge in [-0.15, -0.1) is 11.7 Å². The Morgan fingerprint density at radius 3 is 2.64 bits per heavy atom.